The van der Waals surface area contributed by atoms with Gasteiger partial charge in [-0.1, -0.05) is 11.6 Å². The molecule has 0 atom stereocenters. The molecule has 0 fully saturated rings. The minimum absolute atomic E-state index is 0.215. The van der Waals surface area contributed by atoms with E-state index in [1.54, 1.807) is 12.3 Å². The Hall–Kier alpha value is -1.82. The normalized spacial score (nSPS) is 9.56. The summed E-state index contributed by atoms with van der Waals surface area (Å²) in [6.07, 6.45) is 3.02. The monoisotopic (exact) mass is 243 g/mol. The number of nitrogens with zero attached hydrogens (tertiary/aromatic N) is 1. The Kier molecular flexibility index (Phi) is 4.53. The predicted molar refractivity (Wildman–Crippen MR) is 57.1 cm³/mol. The van der Waals surface area contributed by atoms with Crippen molar-refractivity contribution < 1.29 is 14.7 Å². The molecule has 1 aromatic heterocycles. The van der Waals surface area contributed by atoms with Gasteiger partial charge in [-0.25, -0.2) is 4.79 Å². The molecule has 1 aromatic rings. The van der Waals surface area contributed by atoms with Crippen molar-refractivity contribution in [3.63, 3.8) is 0 Å². The lowest BCUT2D eigenvalue weighted by molar-refractivity contribution is -0.135. The fourth-order valence-electron chi connectivity index (χ4n) is 0.941. The third kappa shape index (κ3) is 4.14. The van der Waals surface area contributed by atoms with E-state index in [2.05, 4.69) is 15.6 Å². The standard InChI is InChI=1S/C9H10ClN3O3/c10-7-4-11-2-1-6(7)3-12-9(16)13-5-8(14)15/h1-2,4H,3,5H2,(H,14,15)(H2,12,13,16). The van der Waals surface area contributed by atoms with E-state index in [1.165, 1.54) is 6.20 Å². The van der Waals surface area contributed by atoms with Crippen molar-refractivity contribution in [3.8, 4) is 0 Å². The van der Waals surface area contributed by atoms with Gasteiger partial charge < -0.3 is 15.7 Å². The molecule has 0 radical (unpaired) electrons. The second-order valence-electron chi connectivity index (χ2n) is 2.90. The van der Waals surface area contributed by atoms with Crippen molar-refractivity contribution >= 4 is 23.6 Å². The molecule has 86 valence electrons. The van der Waals surface area contributed by atoms with Crippen LogP contribution in [0.15, 0.2) is 18.5 Å². The average Bonchev–Trinajstić information content (AvgIpc) is 2.25. The zero-order valence-corrected chi connectivity index (χ0v) is 8.99. The van der Waals surface area contributed by atoms with Gasteiger partial charge in [-0.3, -0.25) is 9.78 Å². The van der Waals surface area contributed by atoms with Crippen molar-refractivity contribution in [1.29, 1.82) is 0 Å². The first-order valence-electron chi connectivity index (χ1n) is 4.41. The summed E-state index contributed by atoms with van der Waals surface area (Å²) in [5, 5.41) is 13.4. The first-order valence-corrected chi connectivity index (χ1v) is 4.79. The van der Waals surface area contributed by atoms with E-state index in [-0.39, 0.29) is 6.54 Å². The Bertz CT molecular complexity index is 397. The third-order valence-electron chi connectivity index (χ3n) is 1.70. The fraction of sp³-hybridized carbons (Fsp3) is 0.222. The van der Waals surface area contributed by atoms with Crippen molar-refractivity contribution in [2.45, 2.75) is 6.54 Å². The Morgan fingerprint density at radius 1 is 1.44 bits per heavy atom. The summed E-state index contributed by atoms with van der Waals surface area (Å²) in [6, 6.07) is 1.11. The second kappa shape index (κ2) is 5.92. The van der Waals surface area contributed by atoms with Crippen molar-refractivity contribution in [2.24, 2.45) is 0 Å². The largest absolute Gasteiger partial charge is 0.480 e. The van der Waals surface area contributed by atoms with Crippen LogP contribution in [0.4, 0.5) is 4.79 Å². The van der Waals surface area contributed by atoms with E-state index in [0.717, 1.165) is 0 Å². The van der Waals surface area contributed by atoms with Gasteiger partial charge in [-0.05, 0) is 11.6 Å². The van der Waals surface area contributed by atoms with Crippen LogP contribution in [0.5, 0.6) is 0 Å². The lowest BCUT2D eigenvalue weighted by Gasteiger charge is -2.06. The quantitative estimate of drug-likeness (QED) is 0.723. The van der Waals surface area contributed by atoms with E-state index < -0.39 is 18.5 Å². The summed E-state index contributed by atoms with van der Waals surface area (Å²) in [5.74, 6) is -1.10. The van der Waals surface area contributed by atoms with Crippen LogP contribution >= 0.6 is 11.6 Å². The zero-order chi connectivity index (χ0) is 12.0. The number of aromatic nitrogens is 1. The Morgan fingerprint density at radius 2 is 2.19 bits per heavy atom. The minimum atomic E-state index is -1.10. The number of hydrogen-bond donors (Lipinski definition) is 3. The predicted octanol–water partition coefficient (Wildman–Crippen LogP) is 0.619. The maximum Gasteiger partial charge on any atom is 0.323 e. The van der Waals surface area contributed by atoms with Crippen LogP contribution < -0.4 is 10.6 Å². The number of hydrogen-bond acceptors (Lipinski definition) is 3. The summed E-state index contributed by atoms with van der Waals surface area (Å²) in [6.45, 7) is -0.206. The van der Waals surface area contributed by atoms with Gasteiger partial charge in [0, 0.05) is 18.9 Å². The fourth-order valence-corrected chi connectivity index (χ4v) is 1.13. The first kappa shape index (κ1) is 12.3. The number of halogens is 1. The molecule has 0 saturated carbocycles. The van der Waals surface area contributed by atoms with E-state index in [1.807, 2.05) is 0 Å². The summed E-state index contributed by atoms with van der Waals surface area (Å²) in [5.41, 5.74) is 0.710. The molecule has 16 heavy (non-hydrogen) atoms. The van der Waals surface area contributed by atoms with Gasteiger partial charge in [-0.2, -0.15) is 0 Å². The summed E-state index contributed by atoms with van der Waals surface area (Å²) >= 11 is 5.81. The molecule has 1 rings (SSSR count). The van der Waals surface area contributed by atoms with Crippen LogP contribution in [-0.4, -0.2) is 28.6 Å². The van der Waals surface area contributed by atoms with E-state index in [0.29, 0.717) is 10.6 Å². The molecule has 0 bridgehead atoms. The van der Waals surface area contributed by atoms with E-state index in [4.69, 9.17) is 16.7 Å². The summed E-state index contributed by atoms with van der Waals surface area (Å²) < 4.78 is 0. The maximum absolute atomic E-state index is 11.1. The van der Waals surface area contributed by atoms with Crippen molar-refractivity contribution in [1.82, 2.24) is 15.6 Å². The molecule has 0 spiro atoms. The highest BCUT2D eigenvalue weighted by molar-refractivity contribution is 6.31. The van der Waals surface area contributed by atoms with Gasteiger partial charge in [-0.15, -0.1) is 0 Å². The lowest BCUT2D eigenvalue weighted by Crippen LogP contribution is -2.38. The number of carbonyl (C=O) groups excluding carboxylic acids is 1. The highest BCUT2D eigenvalue weighted by atomic mass is 35.5. The number of carboxylic acids is 1. The molecule has 0 aliphatic heterocycles. The Labute approximate surface area is 96.6 Å². The van der Waals surface area contributed by atoms with Crippen LogP contribution in [0, 0.1) is 0 Å². The van der Waals surface area contributed by atoms with Gasteiger partial charge in [0.1, 0.15) is 6.54 Å². The maximum atomic E-state index is 11.1. The molecule has 0 unspecified atom stereocenters. The highest BCUT2D eigenvalue weighted by Crippen LogP contribution is 2.12. The van der Waals surface area contributed by atoms with E-state index >= 15 is 0 Å². The first-order chi connectivity index (χ1) is 7.59. The molecular formula is C9H10ClN3O3. The number of rotatable bonds is 4. The van der Waals surface area contributed by atoms with Crippen molar-refractivity contribution in [2.75, 3.05) is 6.54 Å². The molecule has 6 nitrogen and oxygen atoms in total. The third-order valence-corrected chi connectivity index (χ3v) is 2.04. The minimum Gasteiger partial charge on any atom is -0.480 e. The van der Waals surface area contributed by atoms with Crippen LogP contribution in [0.1, 0.15) is 5.56 Å². The smallest absolute Gasteiger partial charge is 0.323 e. The number of carboxylic acid groups (broad SMARTS) is 1. The van der Waals surface area contributed by atoms with E-state index in [9.17, 15) is 9.59 Å². The number of carbonyl (C=O) groups is 2. The molecule has 0 aromatic carbocycles. The number of pyridine rings is 1. The van der Waals surface area contributed by atoms with Gasteiger partial charge in [0.05, 0.1) is 5.02 Å². The molecule has 0 saturated heterocycles. The number of amides is 2. The van der Waals surface area contributed by atoms with Gasteiger partial charge in [0.25, 0.3) is 0 Å². The van der Waals surface area contributed by atoms with Crippen molar-refractivity contribution in [3.05, 3.63) is 29.0 Å². The van der Waals surface area contributed by atoms with Gasteiger partial charge in [0.15, 0.2) is 0 Å². The average molecular weight is 244 g/mol. The molecule has 0 aliphatic carbocycles. The van der Waals surface area contributed by atoms with Crippen LogP contribution in [0.25, 0.3) is 0 Å². The lowest BCUT2D eigenvalue weighted by atomic mass is 10.3. The van der Waals surface area contributed by atoms with Gasteiger partial charge >= 0.3 is 12.0 Å². The molecule has 7 heteroatoms. The Morgan fingerprint density at radius 3 is 2.81 bits per heavy atom. The molecule has 2 amide bonds. The molecular weight excluding hydrogens is 234 g/mol. The van der Waals surface area contributed by atoms with Crippen LogP contribution in [-0.2, 0) is 11.3 Å². The number of nitrogens with one attached hydrogen (secondary N) is 2. The number of urea groups is 1. The van der Waals surface area contributed by atoms with Crippen LogP contribution in [0.3, 0.4) is 0 Å². The summed E-state index contributed by atoms with van der Waals surface area (Å²) in [7, 11) is 0. The Balaban J connectivity index is 2.37. The topological polar surface area (TPSA) is 91.3 Å². The summed E-state index contributed by atoms with van der Waals surface area (Å²) in [4.78, 5) is 25.0. The molecule has 0 aliphatic rings. The molecule has 1 heterocycles. The zero-order valence-electron chi connectivity index (χ0n) is 8.24. The van der Waals surface area contributed by atoms with Gasteiger partial charge in [0.2, 0.25) is 0 Å². The SMILES string of the molecule is O=C(O)CNC(=O)NCc1ccncc1Cl. The molecule has 3 N–H and O–H groups in total. The number of aliphatic carboxylic acids is 1. The van der Waals surface area contributed by atoms with Crippen LogP contribution in [0.2, 0.25) is 5.02 Å². The highest BCUT2D eigenvalue weighted by Gasteiger charge is 2.04. The second-order valence-corrected chi connectivity index (χ2v) is 3.30.